The van der Waals surface area contributed by atoms with Gasteiger partial charge in [-0.15, -0.1) is 0 Å². The molecule has 2 aliphatic heterocycles. The van der Waals surface area contributed by atoms with Crippen LogP contribution in [-0.2, 0) is 20.7 Å². The number of imidazole rings is 1. The maximum Gasteiger partial charge on any atom is 0.227 e. The van der Waals surface area contributed by atoms with Crippen LogP contribution < -0.4 is 5.32 Å². The second kappa shape index (κ2) is 6.90. The lowest BCUT2D eigenvalue weighted by atomic mass is 10.0. The van der Waals surface area contributed by atoms with Gasteiger partial charge in [-0.3, -0.25) is 9.78 Å². The molecule has 3 aromatic rings. The van der Waals surface area contributed by atoms with Gasteiger partial charge in [0.2, 0.25) is 5.91 Å². The van der Waals surface area contributed by atoms with Gasteiger partial charge in [-0.05, 0) is 43.9 Å². The zero-order valence-corrected chi connectivity index (χ0v) is 17.3. The summed E-state index contributed by atoms with van der Waals surface area (Å²) in [7, 11) is 0. The van der Waals surface area contributed by atoms with Gasteiger partial charge in [0, 0.05) is 23.1 Å². The summed E-state index contributed by atoms with van der Waals surface area (Å²) in [5.74, 6) is 0.753. The Labute approximate surface area is 178 Å². The van der Waals surface area contributed by atoms with Crippen molar-refractivity contribution in [3.63, 3.8) is 0 Å². The second-order valence-electron chi connectivity index (χ2n) is 8.71. The van der Waals surface area contributed by atoms with Crippen LogP contribution in [-0.4, -0.2) is 51.9 Å². The molecular formula is C22H23ClN4O3. The number of hydrogen-bond acceptors (Lipinski definition) is 5. The zero-order chi connectivity index (χ0) is 20.3. The summed E-state index contributed by atoms with van der Waals surface area (Å²) >= 11 is 6.33. The summed E-state index contributed by atoms with van der Waals surface area (Å²) in [4.78, 5) is 22.1. The van der Waals surface area contributed by atoms with Crippen molar-refractivity contribution in [1.29, 1.82) is 0 Å². The van der Waals surface area contributed by atoms with E-state index in [4.69, 9.17) is 26.1 Å². The normalized spacial score (nSPS) is 23.0. The number of ether oxygens (including phenoxy) is 2. The third-order valence-electron chi connectivity index (χ3n) is 6.51. The molecule has 1 spiro atoms. The highest BCUT2D eigenvalue weighted by molar-refractivity contribution is 6.31. The van der Waals surface area contributed by atoms with Crippen molar-refractivity contribution in [3.8, 4) is 0 Å². The summed E-state index contributed by atoms with van der Waals surface area (Å²) in [5, 5.41) is 4.68. The number of benzene rings is 1. The summed E-state index contributed by atoms with van der Waals surface area (Å²) < 4.78 is 13.5. The summed E-state index contributed by atoms with van der Waals surface area (Å²) in [6.07, 6.45) is 6.12. The molecule has 1 amide bonds. The van der Waals surface area contributed by atoms with E-state index >= 15 is 0 Å². The molecule has 8 heteroatoms. The van der Waals surface area contributed by atoms with E-state index < -0.39 is 0 Å². The minimum absolute atomic E-state index is 0.0167. The molecule has 2 aromatic heterocycles. The van der Waals surface area contributed by atoms with Crippen LogP contribution >= 0.6 is 11.6 Å². The second-order valence-corrected chi connectivity index (χ2v) is 9.14. The molecule has 0 unspecified atom stereocenters. The lowest BCUT2D eigenvalue weighted by molar-refractivity contribution is -0.124. The average molecular weight is 427 g/mol. The molecule has 1 atom stereocenters. The van der Waals surface area contributed by atoms with Gasteiger partial charge in [0.1, 0.15) is 11.3 Å². The van der Waals surface area contributed by atoms with Crippen LogP contribution in [0.1, 0.15) is 37.5 Å². The Morgan fingerprint density at radius 1 is 1.30 bits per heavy atom. The number of rotatable bonds is 4. The molecule has 1 N–H and O–H groups in total. The topological polar surface area (TPSA) is 78.3 Å². The lowest BCUT2D eigenvalue weighted by Gasteiger charge is -2.32. The molecule has 6 rings (SSSR count). The minimum Gasteiger partial charge on any atom is -0.377 e. The maximum atomic E-state index is 12.7. The zero-order valence-electron chi connectivity index (χ0n) is 16.6. The molecule has 1 saturated carbocycles. The lowest BCUT2D eigenvalue weighted by Crippen LogP contribution is -2.49. The number of fused-ring (bicyclic) bond motifs is 3. The van der Waals surface area contributed by atoms with Gasteiger partial charge in [0.25, 0.3) is 0 Å². The number of nitrogens with zero attached hydrogens (tertiary/aromatic N) is 3. The van der Waals surface area contributed by atoms with Gasteiger partial charge in [0.15, 0.2) is 0 Å². The number of halogens is 1. The number of pyridine rings is 1. The van der Waals surface area contributed by atoms with Crippen LogP contribution in [0.15, 0.2) is 24.4 Å². The first-order chi connectivity index (χ1) is 14.6. The Balaban J connectivity index is 1.47. The predicted molar refractivity (Wildman–Crippen MR) is 113 cm³/mol. The van der Waals surface area contributed by atoms with Crippen LogP contribution in [0.5, 0.6) is 0 Å². The van der Waals surface area contributed by atoms with Gasteiger partial charge < -0.3 is 19.4 Å². The van der Waals surface area contributed by atoms with E-state index in [2.05, 4.69) is 14.9 Å². The van der Waals surface area contributed by atoms with Gasteiger partial charge in [-0.25, -0.2) is 4.98 Å². The SMILES string of the molecule is O=C(Cc1nc2cnc3ccc(Cl)cc3c2n1[C@@H]1CCOC2(CC2)C1)NC1COC1. The molecule has 7 nitrogen and oxygen atoms in total. The number of nitrogens with one attached hydrogen (secondary N) is 1. The van der Waals surface area contributed by atoms with Gasteiger partial charge in [-0.2, -0.15) is 0 Å². The van der Waals surface area contributed by atoms with Crippen LogP contribution in [0, 0.1) is 0 Å². The van der Waals surface area contributed by atoms with Crippen molar-refractivity contribution in [2.24, 2.45) is 0 Å². The summed E-state index contributed by atoms with van der Waals surface area (Å²) in [5.41, 5.74) is 2.71. The molecule has 0 bridgehead atoms. The third kappa shape index (κ3) is 3.16. The van der Waals surface area contributed by atoms with E-state index in [-0.39, 0.29) is 30.0 Å². The van der Waals surface area contributed by atoms with E-state index in [9.17, 15) is 4.79 Å². The number of carbonyl (C=O) groups is 1. The van der Waals surface area contributed by atoms with Crippen LogP contribution in [0.25, 0.3) is 21.9 Å². The first-order valence-corrected chi connectivity index (χ1v) is 10.9. The van der Waals surface area contributed by atoms with Crippen LogP contribution in [0.3, 0.4) is 0 Å². The minimum atomic E-state index is -0.0247. The third-order valence-corrected chi connectivity index (χ3v) is 6.75. The molecule has 0 radical (unpaired) electrons. The Bertz CT molecular complexity index is 1150. The molecule has 2 saturated heterocycles. The Morgan fingerprint density at radius 3 is 2.93 bits per heavy atom. The number of hydrogen-bond donors (Lipinski definition) is 1. The first-order valence-electron chi connectivity index (χ1n) is 10.6. The molecule has 1 aliphatic carbocycles. The highest BCUT2D eigenvalue weighted by atomic mass is 35.5. The average Bonchev–Trinajstić information content (AvgIpc) is 3.33. The monoisotopic (exact) mass is 426 g/mol. The quantitative estimate of drug-likeness (QED) is 0.693. The fourth-order valence-corrected chi connectivity index (χ4v) is 4.94. The van der Waals surface area contributed by atoms with E-state index in [1.54, 1.807) is 6.20 Å². The van der Waals surface area contributed by atoms with E-state index in [1.165, 1.54) is 0 Å². The maximum absolute atomic E-state index is 12.7. The first kappa shape index (κ1) is 18.5. The summed E-state index contributed by atoms with van der Waals surface area (Å²) in [6.45, 7) is 1.90. The molecule has 1 aromatic carbocycles. The Morgan fingerprint density at radius 2 is 2.17 bits per heavy atom. The number of aromatic nitrogens is 3. The van der Waals surface area contributed by atoms with Crippen molar-refractivity contribution in [2.45, 2.75) is 49.8 Å². The van der Waals surface area contributed by atoms with E-state index in [0.29, 0.717) is 18.2 Å². The Kier molecular flexibility index (Phi) is 4.27. The Hall–Kier alpha value is -2.22. The highest BCUT2D eigenvalue weighted by Crippen LogP contribution is 2.50. The van der Waals surface area contributed by atoms with E-state index in [0.717, 1.165) is 60.1 Å². The molecule has 3 fully saturated rings. The molecule has 156 valence electrons. The van der Waals surface area contributed by atoms with Crippen molar-refractivity contribution in [1.82, 2.24) is 19.9 Å². The molecule has 30 heavy (non-hydrogen) atoms. The van der Waals surface area contributed by atoms with E-state index in [1.807, 2.05) is 18.2 Å². The van der Waals surface area contributed by atoms with Crippen molar-refractivity contribution < 1.29 is 14.3 Å². The van der Waals surface area contributed by atoms with Crippen molar-refractivity contribution >= 4 is 39.4 Å². The largest absolute Gasteiger partial charge is 0.377 e. The van der Waals surface area contributed by atoms with Crippen molar-refractivity contribution in [2.75, 3.05) is 19.8 Å². The predicted octanol–water partition coefficient (Wildman–Crippen LogP) is 3.18. The number of carbonyl (C=O) groups excluding carboxylic acids is 1. The van der Waals surface area contributed by atoms with Gasteiger partial charge >= 0.3 is 0 Å². The highest BCUT2D eigenvalue weighted by Gasteiger charge is 2.48. The standard InChI is InChI=1S/C22H23ClN4O3/c23-13-1-2-17-16(7-13)21-18(10-24-17)26-19(8-20(28)25-14-11-29-12-14)27(21)15-3-6-30-22(9-15)4-5-22/h1-2,7,10,14-15H,3-6,8-9,11-12H2,(H,25,28)/t15-/m1/s1. The van der Waals surface area contributed by atoms with Crippen LogP contribution in [0.2, 0.25) is 5.02 Å². The van der Waals surface area contributed by atoms with Crippen LogP contribution in [0.4, 0.5) is 0 Å². The van der Waals surface area contributed by atoms with Gasteiger partial charge in [-0.1, -0.05) is 11.6 Å². The fourth-order valence-electron chi connectivity index (χ4n) is 4.77. The smallest absolute Gasteiger partial charge is 0.227 e. The molecular weight excluding hydrogens is 404 g/mol. The van der Waals surface area contributed by atoms with Crippen molar-refractivity contribution in [3.05, 3.63) is 35.2 Å². The number of amides is 1. The molecule has 4 heterocycles. The molecule has 3 aliphatic rings. The summed E-state index contributed by atoms with van der Waals surface area (Å²) in [6, 6.07) is 6.09. The fraction of sp³-hybridized carbons (Fsp3) is 0.500. The van der Waals surface area contributed by atoms with Gasteiger partial charge in [0.05, 0.1) is 48.5 Å².